The molecule has 2 aromatic rings. The molecule has 0 radical (unpaired) electrons. The highest BCUT2D eigenvalue weighted by Gasteiger charge is 2.19. The fourth-order valence-electron chi connectivity index (χ4n) is 1.55. The molecule has 7 heteroatoms. The molecule has 0 aliphatic carbocycles. The first-order valence-corrected chi connectivity index (χ1v) is 4.91. The molecule has 1 heterocycles. The molecule has 2 N–H and O–H groups in total. The number of hydrogen-bond donors (Lipinski definition) is 2. The van der Waals surface area contributed by atoms with Gasteiger partial charge >= 0.3 is 7.12 Å². The van der Waals surface area contributed by atoms with Gasteiger partial charge in [0, 0.05) is 17.6 Å². The molecule has 0 amide bonds. The molecule has 0 aliphatic heterocycles. The second kappa shape index (κ2) is 3.84. The minimum atomic E-state index is -1.84. The van der Waals surface area contributed by atoms with Gasteiger partial charge in [0.2, 0.25) is 0 Å². The van der Waals surface area contributed by atoms with Gasteiger partial charge in [-0.25, -0.2) is 9.07 Å². The lowest BCUT2D eigenvalue weighted by molar-refractivity contribution is 0.423. The van der Waals surface area contributed by atoms with Crippen molar-refractivity contribution in [3.8, 4) is 0 Å². The maximum atomic E-state index is 13.5. The molecule has 1 aromatic heterocycles. The first-order chi connectivity index (χ1) is 7.50. The number of hydrogen-bond acceptors (Lipinski definition) is 4. The Morgan fingerprint density at radius 2 is 2.06 bits per heavy atom. The first kappa shape index (κ1) is 11.0. The van der Waals surface area contributed by atoms with Gasteiger partial charge < -0.3 is 10.0 Å². The zero-order valence-electron chi connectivity index (χ0n) is 8.92. The number of aromatic nitrogens is 3. The van der Waals surface area contributed by atoms with Gasteiger partial charge in [0.25, 0.3) is 0 Å². The Labute approximate surface area is 91.6 Å². The van der Waals surface area contributed by atoms with Gasteiger partial charge in [0.15, 0.2) is 0 Å². The van der Waals surface area contributed by atoms with Crippen LogP contribution in [0.3, 0.4) is 0 Å². The zero-order valence-corrected chi connectivity index (χ0v) is 8.92. The van der Waals surface area contributed by atoms with Gasteiger partial charge in [0.05, 0.1) is 5.52 Å². The highest BCUT2D eigenvalue weighted by atomic mass is 19.1. The normalized spacial score (nSPS) is 11.4. The van der Waals surface area contributed by atoms with Crippen molar-refractivity contribution < 1.29 is 14.4 Å². The van der Waals surface area contributed by atoms with Crippen LogP contribution in [0.1, 0.15) is 19.9 Å². The van der Waals surface area contributed by atoms with Crippen molar-refractivity contribution in [1.29, 1.82) is 0 Å². The molecule has 0 unspecified atom stereocenters. The van der Waals surface area contributed by atoms with E-state index in [2.05, 4.69) is 10.3 Å². The fraction of sp³-hybridized carbons (Fsp3) is 0.333. The molecule has 0 saturated heterocycles. The molecule has 0 aliphatic rings. The maximum Gasteiger partial charge on any atom is 0.491 e. The molecule has 0 spiro atoms. The summed E-state index contributed by atoms with van der Waals surface area (Å²) in [6.45, 7) is 3.81. The lowest BCUT2D eigenvalue weighted by Gasteiger charge is -2.06. The third-order valence-corrected chi connectivity index (χ3v) is 2.36. The molecule has 0 saturated carbocycles. The molecule has 84 valence electrons. The van der Waals surface area contributed by atoms with Crippen LogP contribution in [0, 0.1) is 5.82 Å². The first-order valence-electron chi connectivity index (χ1n) is 4.91. The minimum Gasteiger partial charge on any atom is -0.423 e. The number of nitrogens with zero attached hydrogens (tertiary/aromatic N) is 3. The van der Waals surface area contributed by atoms with Crippen LogP contribution in [-0.2, 0) is 0 Å². The summed E-state index contributed by atoms with van der Waals surface area (Å²) in [5.74, 6) is -0.674. The van der Waals surface area contributed by atoms with E-state index in [-0.39, 0.29) is 11.5 Å². The van der Waals surface area contributed by atoms with Crippen molar-refractivity contribution in [2.45, 2.75) is 19.9 Å². The van der Waals surface area contributed by atoms with Gasteiger partial charge in [-0.15, -0.1) is 5.10 Å². The van der Waals surface area contributed by atoms with Crippen LogP contribution in [0.25, 0.3) is 11.0 Å². The predicted octanol–water partition coefficient (Wildman–Crippen LogP) is -0.169. The van der Waals surface area contributed by atoms with Crippen LogP contribution < -0.4 is 5.46 Å². The number of benzene rings is 1. The largest absolute Gasteiger partial charge is 0.491 e. The van der Waals surface area contributed by atoms with Crippen molar-refractivity contribution in [3.05, 3.63) is 17.9 Å². The average Bonchev–Trinajstić information content (AvgIpc) is 2.58. The lowest BCUT2D eigenvalue weighted by Crippen LogP contribution is -2.32. The standard InChI is InChI=1S/C9H11BFN3O2/c1-5(2)14-9-4-7(11)6(10(15)16)3-8(9)12-13-14/h3-5,15-16H,1-2H3. The van der Waals surface area contributed by atoms with Crippen molar-refractivity contribution >= 4 is 23.6 Å². The summed E-state index contributed by atoms with van der Waals surface area (Å²) in [5.41, 5.74) is 0.790. The van der Waals surface area contributed by atoms with Crippen LogP contribution in [-0.4, -0.2) is 32.2 Å². The quantitative estimate of drug-likeness (QED) is 0.693. The summed E-state index contributed by atoms with van der Waals surface area (Å²) in [6.07, 6.45) is 0. The summed E-state index contributed by atoms with van der Waals surface area (Å²) < 4.78 is 15.1. The summed E-state index contributed by atoms with van der Waals surface area (Å²) in [7, 11) is -1.84. The Kier molecular flexibility index (Phi) is 2.65. The van der Waals surface area contributed by atoms with Gasteiger partial charge in [0.1, 0.15) is 11.3 Å². The van der Waals surface area contributed by atoms with Crippen molar-refractivity contribution in [2.75, 3.05) is 0 Å². The molecular weight excluding hydrogens is 212 g/mol. The van der Waals surface area contributed by atoms with E-state index in [1.165, 1.54) is 12.1 Å². The number of fused-ring (bicyclic) bond motifs is 1. The Morgan fingerprint density at radius 3 is 2.62 bits per heavy atom. The van der Waals surface area contributed by atoms with Crippen LogP contribution >= 0.6 is 0 Å². The highest BCUT2D eigenvalue weighted by Crippen LogP contribution is 2.15. The van der Waals surface area contributed by atoms with Gasteiger partial charge in [-0.3, -0.25) is 0 Å². The summed E-state index contributed by atoms with van der Waals surface area (Å²) in [4.78, 5) is 0. The number of halogens is 1. The lowest BCUT2D eigenvalue weighted by atomic mass is 9.79. The third-order valence-electron chi connectivity index (χ3n) is 2.36. The SMILES string of the molecule is CC(C)n1nnc2cc(B(O)O)c(F)cc21. The van der Waals surface area contributed by atoms with Gasteiger partial charge in [-0.2, -0.15) is 0 Å². The van der Waals surface area contributed by atoms with Gasteiger partial charge in [-0.1, -0.05) is 5.21 Å². The topological polar surface area (TPSA) is 71.2 Å². The molecule has 2 rings (SSSR count). The van der Waals surface area contributed by atoms with Crippen LogP contribution in [0.15, 0.2) is 12.1 Å². The second-order valence-electron chi connectivity index (χ2n) is 3.86. The van der Waals surface area contributed by atoms with E-state index in [1.54, 1.807) is 4.68 Å². The predicted molar refractivity (Wildman–Crippen MR) is 57.7 cm³/mol. The van der Waals surface area contributed by atoms with E-state index in [4.69, 9.17) is 10.0 Å². The zero-order chi connectivity index (χ0) is 11.9. The van der Waals surface area contributed by atoms with E-state index in [0.717, 1.165) is 0 Å². The Morgan fingerprint density at radius 1 is 1.38 bits per heavy atom. The summed E-state index contributed by atoms with van der Waals surface area (Å²) in [5, 5.41) is 25.6. The smallest absolute Gasteiger partial charge is 0.423 e. The summed E-state index contributed by atoms with van der Waals surface area (Å²) in [6, 6.07) is 2.57. The molecular formula is C9H11BFN3O2. The Hall–Kier alpha value is -1.47. The van der Waals surface area contributed by atoms with E-state index in [9.17, 15) is 4.39 Å². The molecule has 0 fully saturated rings. The van der Waals surface area contributed by atoms with Crippen LogP contribution in [0.2, 0.25) is 0 Å². The Bertz CT molecular complexity index is 527. The van der Waals surface area contributed by atoms with Crippen molar-refractivity contribution in [3.63, 3.8) is 0 Å². The number of rotatable bonds is 2. The Balaban J connectivity index is 2.66. The monoisotopic (exact) mass is 223 g/mol. The van der Waals surface area contributed by atoms with Crippen LogP contribution in [0.5, 0.6) is 0 Å². The second-order valence-corrected chi connectivity index (χ2v) is 3.86. The van der Waals surface area contributed by atoms with Crippen molar-refractivity contribution in [2.24, 2.45) is 0 Å². The van der Waals surface area contributed by atoms with Gasteiger partial charge in [-0.05, 0) is 19.9 Å². The molecule has 0 atom stereocenters. The molecule has 16 heavy (non-hydrogen) atoms. The van der Waals surface area contributed by atoms with Crippen LogP contribution in [0.4, 0.5) is 4.39 Å². The summed E-state index contributed by atoms with van der Waals surface area (Å²) >= 11 is 0. The fourth-order valence-corrected chi connectivity index (χ4v) is 1.55. The third kappa shape index (κ3) is 1.68. The molecule has 5 nitrogen and oxygen atoms in total. The average molecular weight is 223 g/mol. The van der Waals surface area contributed by atoms with E-state index in [0.29, 0.717) is 11.0 Å². The molecule has 0 bridgehead atoms. The van der Waals surface area contributed by atoms with E-state index >= 15 is 0 Å². The highest BCUT2D eigenvalue weighted by molar-refractivity contribution is 6.59. The van der Waals surface area contributed by atoms with E-state index < -0.39 is 12.9 Å². The maximum absolute atomic E-state index is 13.5. The minimum absolute atomic E-state index is 0.0642. The molecule has 1 aromatic carbocycles. The van der Waals surface area contributed by atoms with E-state index in [1.807, 2.05) is 13.8 Å². The van der Waals surface area contributed by atoms with Crippen molar-refractivity contribution in [1.82, 2.24) is 15.0 Å².